The van der Waals surface area contributed by atoms with Crippen LogP contribution in [0.1, 0.15) is 41.5 Å². The predicted molar refractivity (Wildman–Crippen MR) is 87.8 cm³/mol. The molecule has 21 heavy (non-hydrogen) atoms. The van der Waals surface area contributed by atoms with Gasteiger partial charge >= 0.3 is 7.12 Å². The molecule has 2 aromatic heterocycles. The first kappa shape index (κ1) is 16.1. The molecule has 0 aliphatic carbocycles. The van der Waals surface area contributed by atoms with E-state index in [9.17, 15) is 0 Å². The van der Waals surface area contributed by atoms with Crippen molar-refractivity contribution in [2.75, 3.05) is 0 Å². The molecule has 0 bridgehead atoms. The fraction of sp³-hybridized carbons (Fsp3) is 0.562. The second kappa shape index (κ2) is 5.46. The van der Waals surface area contributed by atoms with Crippen LogP contribution in [0.5, 0.6) is 0 Å². The van der Waals surface area contributed by atoms with Gasteiger partial charge in [0.1, 0.15) is 5.65 Å². The summed E-state index contributed by atoms with van der Waals surface area (Å²) in [6, 6.07) is 4.03. The fourth-order valence-corrected chi connectivity index (χ4v) is 2.36. The summed E-state index contributed by atoms with van der Waals surface area (Å²) >= 11 is 0. The van der Waals surface area contributed by atoms with E-state index < -0.39 is 0 Å². The average molecular weight is 288 g/mol. The highest BCUT2D eigenvalue weighted by molar-refractivity contribution is 6.65. The zero-order valence-electron chi connectivity index (χ0n) is 14.1. The summed E-state index contributed by atoms with van der Waals surface area (Å²) in [7, 11) is 1.65. The fourth-order valence-electron chi connectivity index (χ4n) is 2.36. The van der Waals surface area contributed by atoms with E-state index in [4.69, 9.17) is 9.31 Å². The van der Waals surface area contributed by atoms with E-state index >= 15 is 0 Å². The van der Waals surface area contributed by atoms with Crippen LogP contribution >= 0.6 is 0 Å². The third-order valence-electron chi connectivity index (χ3n) is 4.31. The van der Waals surface area contributed by atoms with Crippen molar-refractivity contribution in [1.29, 1.82) is 0 Å². The number of pyridine rings is 1. The van der Waals surface area contributed by atoms with Gasteiger partial charge in [-0.3, -0.25) is 0 Å². The molecule has 1 aliphatic heterocycles. The monoisotopic (exact) mass is 288 g/mol. The van der Waals surface area contributed by atoms with Crippen molar-refractivity contribution in [1.82, 2.24) is 9.55 Å². The Morgan fingerprint density at radius 1 is 1.05 bits per heavy atom. The maximum Gasteiger partial charge on any atom is 0.495 e. The molecule has 0 radical (unpaired) electrons. The lowest BCUT2D eigenvalue weighted by atomic mass is 9.78. The molecule has 1 aliphatic rings. The number of fused-ring (bicyclic) bond motifs is 1. The number of aromatic nitrogens is 2. The Balaban J connectivity index is 0.000000774. The van der Waals surface area contributed by atoms with Crippen LogP contribution in [0.15, 0.2) is 24.5 Å². The minimum atomic E-state index is -0.335. The van der Waals surface area contributed by atoms with Gasteiger partial charge in [-0.25, -0.2) is 4.98 Å². The molecule has 3 rings (SSSR count). The molecule has 4 nitrogen and oxygen atoms in total. The van der Waals surface area contributed by atoms with Crippen LogP contribution in [-0.4, -0.2) is 27.9 Å². The van der Waals surface area contributed by atoms with Crippen molar-refractivity contribution in [2.24, 2.45) is 7.05 Å². The van der Waals surface area contributed by atoms with Crippen molar-refractivity contribution in [3.8, 4) is 0 Å². The number of nitrogens with zero attached hydrogens (tertiary/aromatic N) is 2. The first-order chi connectivity index (χ1) is 9.82. The standard InChI is InChI=1S/C14H19BN2O2.C2H6/c1-13(2)14(3,4)19-15(18-13)11-6-8-16-12-10(11)7-9-17(12)5;1-2/h6-9H,1-5H3;1-2H3. The van der Waals surface area contributed by atoms with Crippen LogP contribution in [-0.2, 0) is 16.4 Å². The highest BCUT2D eigenvalue weighted by Gasteiger charge is 2.52. The van der Waals surface area contributed by atoms with Crippen LogP contribution in [0.4, 0.5) is 0 Å². The Hall–Kier alpha value is -1.33. The summed E-state index contributed by atoms with van der Waals surface area (Å²) < 4.78 is 14.2. The van der Waals surface area contributed by atoms with Crippen LogP contribution < -0.4 is 5.46 Å². The van der Waals surface area contributed by atoms with Gasteiger partial charge < -0.3 is 13.9 Å². The van der Waals surface area contributed by atoms with Gasteiger partial charge in [0.25, 0.3) is 0 Å². The molecule has 0 spiro atoms. The minimum Gasteiger partial charge on any atom is -0.399 e. The smallest absolute Gasteiger partial charge is 0.399 e. The number of hydrogen-bond acceptors (Lipinski definition) is 3. The molecule has 5 heteroatoms. The predicted octanol–water partition coefficient (Wildman–Crippen LogP) is 2.90. The van der Waals surface area contributed by atoms with Gasteiger partial charge in [-0.1, -0.05) is 13.8 Å². The van der Waals surface area contributed by atoms with Gasteiger partial charge in [0.2, 0.25) is 0 Å². The molecule has 0 aromatic carbocycles. The number of hydrogen-bond donors (Lipinski definition) is 0. The van der Waals surface area contributed by atoms with E-state index in [1.54, 1.807) is 0 Å². The lowest BCUT2D eigenvalue weighted by Crippen LogP contribution is -2.41. The van der Waals surface area contributed by atoms with Gasteiger partial charge in [-0.2, -0.15) is 0 Å². The summed E-state index contributed by atoms with van der Waals surface area (Å²) in [5, 5.41) is 1.09. The third-order valence-corrected chi connectivity index (χ3v) is 4.31. The first-order valence-corrected chi connectivity index (χ1v) is 7.57. The van der Waals surface area contributed by atoms with E-state index in [0.29, 0.717) is 0 Å². The van der Waals surface area contributed by atoms with E-state index in [1.807, 2.05) is 43.9 Å². The Morgan fingerprint density at radius 3 is 2.19 bits per heavy atom. The maximum absolute atomic E-state index is 6.11. The van der Waals surface area contributed by atoms with Crippen LogP contribution in [0.25, 0.3) is 11.0 Å². The number of aryl methyl sites for hydroxylation is 1. The molecule has 0 amide bonds. The van der Waals surface area contributed by atoms with Crippen LogP contribution in [0, 0.1) is 0 Å². The molecule has 3 heterocycles. The Kier molecular flexibility index (Phi) is 4.18. The Morgan fingerprint density at radius 2 is 1.62 bits per heavy atom. The second-order valence-electron chi connectivity index (χ2n) is 6.15. The van der Waals surface area contributed by atoms with Gasteiger partial charge in [0, 0.05) is 24.8 Å². The summed E-state index contributed by atoms with van der Waals surface area (Å²) in [4.78, 5) is 4.40. The molecule has 0 unspecified atom stereocenters. The normalized spacial score (nSPS) is 19.5. The van der Waals surface area contributed by atoms with Crippen molar-refractivity contribution in [3.63, 3.8) is 0 Å². The SMILES string of the molecule is CC.Cn1ccc2c(B3OC(C)(C)C(C)(C)O3)ccnc21. The van der Waals surface area contributed by atoms with Gasteiger partial charge in [0.15, 0.2) is 0 Å². The second-order valence-corrected chi connectivity index (χ2v) is 6.15. The summed E-state index contributed by atoms with van der Waals surface area (Å²) in [5.74, 6) is 0. The van der Waals surface area contributed by atoms with Crippen molar-refractivity contribution in [2.45, 2.75) is 52.7 Å². The van der Waals surface area contributed by atoms with Crippen molar-refractivity contribution >= 4 is 23.6 Å². The minimum absolute atomic E-state index is 0.317. The van der Waals surface area contributed by atoms with E-state index in [0.717, 1.165) is 16.5 Å². The van der Waals surface area contributed by atoms with Crippen molar-refractivity contribution in [3.05, 3.63) is 24.5 Å². The summed E-state index contributed by atoms with van der Waals surface area (Å²) in [6.07, 6.45) is 3.81. The lowest BCUT2D eigenvalue weighted by molar-refractivity contribution is 0.00578. The highest BCUT2D eigenvalue weighted by Crippen LogP contribution is 2.36. The average Bonchev–Trinajstić information content (AvgIpc) is 2.90. The highest BCUT2D eigenvalue weighted by atomic mass is 16.7. The van der Waals surface area contributed by atoms with Gasteiger partial charge in [0.05, 0.1) is 11.2 Å². The molecule has 0 saturated carbocycles. The van der Waals surface area contributed by atoms with E-state index in [-0.39, 0.29) is 18.3 Å². The molecule has 1 fully saturated rings. The third kappa shape index (κ3) is 2.60. The number of rotatable bonds is 1. The molecule has 0 atom stereocenters. The van der Waals surface area contributed by atoms with Crippen LogP contribution in [0.2, 0.25) is 0 Å². The topological polar surface area (TPSA) is 36.3 Å². The summed E-state index contributed by atoms with van der Waals surface area (Å²) in [6.45, 7) is 12.3. The maximum atomic E-state index is 6.11. The van der Waals surface area contributed by atoms with Gasteiger partial charge in [-0.05, 0) is 45.3 Å². The Labute approximate surface area is 127 Å². The molecule has 1 saturated heterocycles. The van der Waals surface area contributed by atoms with E-state index in [2.05, 4.69) is 38.7 Å². The largest absolute Gasteiger partial charge is 0.495 e. The lowest BCUT2D eigenvalue weighted by Gasteiger charge is -2.32. The summed E-state index contributed by atoms with van der Waals surface area (Å²) in [5.41, 5.74) is 1.36. The zero-order chi connectivity index (χ0) is 15.8. The Bertz CT molecular complexity index is 618. The quantitative estimate of drug-likeness (QED) is 0.757. The molecular weight excluding hydrogens is 263 g/mol. The van der Waals surface area contributed by atoms with Crippen LogP contribution in [0.3, 0.4) is 0 Å². The van der Waals surface area contributed by atoms with Gasteiger partial charge in [-0.15, -0.1) is 0 Å². The van der Waals surface area contributed by atoms with E-state index in [1.165, 1.54) is 0 Å². The first-order valence-electron chi connectivity index (χ1n) is 7.57. The van der Waals surface area contributed by atoms with Crippen molar-refractivity contribution < 1.29 is 9.31 Å². The molecular formula is C16H25BN2O2. The molecule has 114 valence electrons. The zero-order valence-corrected chi connectivity index (χ0v) is 14.1. The molecule has 2 aromatic rings. The molecule has 0 N–H and O–H groups in total.